The zero-order chi connectivity index (χ0) is 13.1. The van der Waals surface area contributed by atoms with Crippen molar-refractivity contribution < 1.29 is 9.13 Å². The minimum absolute atomic E-state index is 0.167. The lowest BCUT2D eigenvalue weighted by atomic mass is 9.96. The van der Waals surface area contributed by atoms with E-state index in [9.17, 15) is 4.39 Å². The third kappa shape index (κ3) is 2.49. The van der Waals surface area contributed by atoms with Crippen LogP contribution in [-0.2, 0) is 0 Å². The lowest BCUT2D eigenvalue weighted by Crippen LogP contribution is -2.07. The van der Waals surface area contributed by atoms with E-state index in [4.69, 9.17) is 10.5 Å². The molecular formula is C14H15FN2O. The number of hydrogen-bond acceptors (Lipinski definition) is 3. The predicted octanol–water partition coefficient (Wildman–Crippen LogP) is 2.92. The van der Waals surface area contributed by atoms with E-state index in [0.717, 1.165) is 16.7 Å². The van der Waals surface area contributed by atoms with E-state index in [2.05, 4.69) is 4.98 Å². The molecule has 0 bridgehead atoms. The molecule has 0 spiro atoms. The molecule has 0 aliphatic heterocycles. The second-order valence-corrected chi connectivity index (χ2v) is 4.11. The summed E-state index contributed by atoms with van der Waals surface area (Å²) in [6, 6.07) is 8.01. The lowest BCUT2D eigenvalue weighted by molar-refractivity contribution is 0.398. The van der Waals surface area contributed by atoms with E-state index in [-0.39, 0.29) is 11.9 Å². The van der Waals surface area contributed by atoms with Crippen molar-refractivity contribution in [2.75, 3.05) is 7.11 Å². The molecule has 0 saturated carbocycles. The highest BCUT2D eigenvalue weighted by Crippen LogP contribution is 2.29. The molecule has 1 aromatic heterocycles. The second kappa shape index (κ2) is 5.14. The number of methoxy groups -OCH3 is 1. The molecule has 2 N–H and O–H groups in total. The fourth-order valence-corrected chi connectivity index (χ4v) is 1.86. The first kappa shape index (κ1) is 12.5. The number of aromatic nitrogens is 1. The van der Waals surface area contributed by atoms with Crippen LogP contribution in [0, 0.1) is 5.82 Å². The molecule has 0 aliphatic rings. The van der Waals surface area contributed by atoms with Crippen molar-refractivity contribution >= 4 is 0 Å². The van der Waals surface area contributed by atoms with Crippen molar-refractivity contribution in [2.45, 2.75) is 13.0 Å². The highest BCUT2D eigenvalue weighted by Gasteiger charge is 2.11. The average molecular weight is 246 g/mol. The minimum Gasteiger partial charge on any atom is -0.481 e. The van der Waals surface area contributed by atoms with Crippen LogP contribution in [-0.4, -0.2) is 12.1 Å². The van der Waals surface area contributed by atoms with Gasteiger partial charge in [-0.3, -0.25) is 0 Å². The van der Waals surface area contributed by atoms with E-state index in [1.807, 2.05) is 13.0 Å². The summed E-state index contributed by atoms with van der Waals surface area (Å²) in [7, 11) is 1.55. The predicted molar refractivity (Wildman–Crippen MR) is 68.8 cm³/mol. The lowest BCUT2D eigenvalue weighted by Gasteiger charge is -2.13. The van der Waals surface area contributed by atoms with Crippen molar-refractivity contribution in [1.29, 1.82) is 0 Å². The van der Waals surface area contributed by atoms with E-state index in [1.165, 1.54) is 12.1 Å². The largest absolute Gasteiger partial charge is 0.481 e. The zero-order valence-corrected chi connectivity index (χ0v) is 10.4. The van der Waals surface area contributed by atoms with Gasteiger partial charge in [0.25, 0.3) is 0 Å². The van der Waals surface area contributed by atoms with Crippen molar-refractivity contribution in [2.24, 2.45) is 5.73 Å². The molecule has 1 unspecified atom stereocenters. The van der Waals surface area contributed by atoms with Crippen molar-refractivity contribution in [3.05, 3.63) is 47.9 Å². The molecule has 1 atom stereocenters. The van der Waals surface area contributed by atoms with Gasteiger partial charge in [-0.05, 0) is 41.8 Å². The average Bonchev–Trinajstić information content (AvgIpc) is 2.38. The molecule has 0 fully saturated rings. The van der Waals surface area contributed by atoms with Gasteiger partial charge in [-0.1, -0.05) is 6.07 Å². The van der Waals surface area contributed by atoms with E-state index < -0.39 is 0 Å². The molecule has 3 nitrogen and oxygen atoms in total. The molecule has 0 amide bonds. The van der Waals surface area contributed by atoms with Crippen LogP contribution in [0.3, 0.4) is 0 Å². The van der Waals surface area contributed by atoms with Gasteiger partial charge in [0.2, 0.25) is 5.88 Å². The summed E-state index contributed by atoms with van der Waals surface area (Å²) in [5, 5.41) is 0. The number of ether oxygens (including phenoxy) is 1. The van der Waals surface area contributed by atoms with Gasteiger partial charge in [-0.25, -0.2) is 9.37 Å². The van der Waals surface area contributed by atoms with Gasteiger partial charge >= 0.3 is 0 Å². The highest BCUT2D eigenvalue weighted by molar-refractivity contribution is 5.68. The summed E-state index contributed by atoms with van der Waals surface area (Å²) in [6.45, 7) is 1.87. The summed E-state index contributed by atoms with van der Waals surface area (Å²) in [5.41, 5.74) is 8.41. The summed E-state index contributed by atoms with van der Waals surface area (Å²) in [6.07, 6.45) is 1.63. The Labute approximate surface area is 105 Å². The van der Waals surface area contributed by atoms with Crippen LogP contribution >= 0.6 is 0 Å². The molecule has 2 rings (SSSR count). The Balaban J connectivity index is 2.57. The van der Waals surface area contributed by atoms with Crippen LogP contribution in [0.5, 0.6) is 5.88 Å². The molecule has 4 heteroatoms. The molecule has 18 heavy (non-hydrogen) atoms. The molecular weight excluding hydrogens is 231 g/mol. The molecule has 0 radical (unpaired) electrons. The Bertz CT molecular complexity index is 555. The molecule has 0 saturated heterocycles. The van der Waals surface area contributed by atoms with Gasteiger partial charge in [-0.15, -0.1) is 0 Å². The number of hydrogen-bond donors (Lipinski definition) is 1. The summed E-state index contributed by atoms with van der Waals surface area (Å²) in [5.74, 6) is 0.206. The summed E-state index contributed by atoms with van der Waals surface area (Å²) >= 11 is 0. The molecule has 0 aliphatic carbocycles. The van der Waals surface area contributed by atoms with Crippen LogP contribution in [0.1, 0.15) is 18.5 Å². The van der Waals surface area contributed by atoms with Crippen LogP contribution in [0.15, 0.2) is 36.5 Å². The summed E-state index contributed by atoms with van der Waals surface area (Å²) < 4.78 is 18.5. The van der Waals surface area contributed by atoms with Gasteiger partial charge in [0.15, 0.2) is 0 Å². The molecule has 1 heterocycles. The number of nitrogens with zero attached hydrogens (tertiary/aromatic N) is 1. The normalized spacial score (nSPS) is 12.2. The molecule has 2 aromatic rings. The van der Waals surface area contributed by atoms with Gasteiger partial charge in [0, 0.05) is 18.3 Å². The third-order valence-electron chi connectivity index (χ3n) is 2.76. The van der Waals surface area contributed by atoms with Crippen LogP contribution in [0.4, 0.5) is 4.39 Å². The van der Waals surface area contributed by atoms with Crippen LogP contribution < -0.4 is 10.5 Å². The van der Waals surface area contributed by atoms with Gasteiger partial charge < -0.3 is 10.5 Å². The van der Waals surface area contributed by atoms with E-state index in [1.54, 1.807) is 25.4 Å². The van der Waals surface area contributed by atoms with Gasteiger partial charge in [0.1, 0.15) is 5.82 Å². The quantitative estimate of drug-likeness (QED) is 0.905. The monoisotopic (exact) mass is 246 g/mol. The van der Waals surface area contributed by atoms with Crippen LogP contribution in [0.2, 0.25) is 0 Å². The topological polar surface area (TPSA) is 48.1 Å². The van der Waals surface area contributed by atoms with E-state index in [0.29, 0.717) is 5.88 Å². The summed E-state index contributed by atoms with van der Waals surface area (Å²) in [4.78, 5) is 4.03. The second-order valence-electron chi connectivity index (χ2n) is 4.11. The SMILES string of the molecule is COc1cc(-c2cc(F)ccc2C(C)N)ccn1. The number of halogens is 1. The Morgan fingerprint density at radius 1 is 1.28 bits per heavy atom. The first-order chi connectivity index (χ1) is 8.61. The fraction of sp³-hybridized carbons (Fsp3) is 0.214. The first-order valence-corrected chi connectivity index (χ1v) is 5.67. The third-order valence-corrected chi connectivity index (χ3v) is 2.76. The maximum Gasteiger partial charge on any atom is 0.213 e. The Morgan fingerprint density at radius 3 is 2.72 bits per heavy atom. The Morgan fingerprint density at radius 2 is 2.06 bits per heavy atom. The van der Waals surface area contributed by atoms with E-state index >= 15 is 0 Å². The van der Waals surface area contributed by atoms with Crippen molar-refractivity contribution in [3.8, 4) is 17.0 Å². The first-order valence-electron chi connectivity index (χ1n) is 5.67. The number of pyridine rings is 1. The van der Waals surface area contributed by atoms with Crippen LogP contribution in [0.25, 0.3) is 11.1 Å². The smallest absolute Gasteiger partial charge is 0.213 e. The van der Waals surface area contributed by atoms with Gasteiger partial charge in [-0.2, -0.15) is 0 Å². The Hall–Kier alpha value is -1.94. The Kier molecular flexibility index (Phi) is 3.58. The minimum atomic E-state index is -0.287. The highest BCUT2D eigenvalue weighted by atomic mass is 19.1. The fourth-order valence-electron chi connectivity index (χ4n) is 1.86. The maximum absolute atomic E-state index is 13.4. The van der Waals surface area contributed by atoms with Gasteiger partial charge in [0.05, 0.1) is 7.11 Å². The number of benzene rings is 1. The molecule has 1 aromatic carbocycles. The molecule has 94 valence electrons. The standard InChI is InChI=1S/C14H15FN2O/c1-9(16)12-4-3-11(15)8-13(12)10-5-6-17-14(7-10)18-2/h3-9H,16H2,1-2H3. The number of rotatable bonds is 3. The van der Waals surface area contributed by atoms with Crippen molar-refractivity contribution in [3.63, 3.8) is 0 Å². The van der Waals surface area contributed by atoms with Crippen molar-refractivity contribution in [1.82, 2.24) is 4.98 Å². The number of nitrogens with two attached hydrogens (primary N) is 1. The zero-order valence-electron chi connectivity index (χ0n) is 10.4. The maximum atomic E-state index is 13.4.